The highest BCUT2D eigenvalue weighted by atomic mass is 19.1. The number of nitrogens with zero attached hydrogens (tertiary/aromatic N) is 1. The number of nitrogen functional groups attached to an aromatic ring is 1. The number of benzene rings is 1. The molecular weight excluding hydrogens is 239 g/mol. The Bertz CT molecular complexity index is 451. The lowest BCUT2D eigenvalue weighted by molar-refractivity contribution is 0.0692. The summed E-state index contributed by atoms with van der Waals surface area (Å²) in [7, 11) is 3.32. The average molecular weight is 256 g/mol. The Balaban J connectivity index is 3.11. The van der Waals surface area contributed by atoms with Crippen LogP contribution < -0.4 is 10.6 Å². The number of carboxylic acids is 1. The third-order valence-corrected chi connectivity index (χ3v) is 2.80. The van der Waals surface area contributed by atoms with Gasteiger partial charge in [0, 0.05) is 26.3 Å². The SMILES string of the molecule is COCC(C)N(C)c1cc(F)c(C(=O)O)cc1N. The standard InChI is InChI=1S/C12H17FN2O3/c1-7(6-18-3)15(2)11-5-9(13)8(12(16)17)4-10(11)14/h4-5,7H,6,14H2,1-3H3,(H,16,17). The van der Waals surface area contributed by atoms with Crippen molar-refractivity contribution in [3.8, 4) is 0 Å². The summed E-state index contributed by atoms with van der Waals surface area (Å²) in [6.45, 7) is 2.35. The van der Waals surface area contributed by atoms with Crippen LogP contribution in [0.4, 0.5) is 15.8 Å². The average Bonchev–Trinajstić information content (AvgIpc) is 2.30. The van der Waals surface area contributed by atoms with Gasteiger partial charge in [-0.2, -0.15) is 0 Å². The minimum absolute atomic E-state index is 0.00706. The summed E-state index contributed by atoms with van der Waals surface area (Å²) < 4.78 is 18.6. The molecule has 100 valence electrons. The molecule has 1 unspecified atom stereocenters. The van der Waals surface area contributed by atoms with Crippen molar-refractivity contribution in [2.24, 2.45) is 0 Å². The number of carbonyl (C=O) groups is 1. The second-order valence-electron chi connectivity index (χ2n) is 4.11. The number of carboxylic acid groups (broad SMARTS) is 1. The Morgan fingerprint density at radius 3 is 2.72 bits per heavy atom. The smallest absolute Gasteiger partial charge is 0.338 e. The fourth-order valence-electron chi connectivity index (χ4n) is 1.64. The molecule has 0 aliphatic heterocycles. The summed E-state index contributed by atoms with van der Waals surface area (Å²) in [5.41, 5.74) is 5.99. The highest BCUT2D eigenvalue weighted by Crippen LogP contribution is 2.27. The van der Waals surface area contributed by atoms with E-state index in [4.69, 9.17) is 15.6 Å². The van der Waals surface area contributed by atoms with Gasteiger partial charge in [-0.1, -0.05) is 0 Å². The van der Waals surface area contributed by atoms with Gasteiger partial charge in [0.05, 0.1) is 23.5 Å². The van der Waals surface area contributed by atoms with Gasteiger partial charge in [-0.15, -0.1) is 0 Å². The van der Waals surface area contributed by atoms with Crippen molar-refractivity contribution in [3.05, 3.63) is 23.5 Å². The van der Waals surface area contributed by atoms with Gasteiger partial charge in [0.15, 0.2) is 0 Å². The topological polar surface area (TPSA) is 75.8 Å². The van der Waals surface area contributed by atoms with E-state index >= 15 is 0 Å². The van der Waals surface area contributed by atoms with Gasteiger partial charge in [0.25, 0.3) is 0 Å². The highest BCUT2D eigenvalue weighted by Gasteiger charge is 2.18. The third-order valence-electron chi connectivity index (χ3n) is 2.80. The number of rotatable bonds is 5. The van der Waals surface area contributed by atoms with Crippen molar-refractivity contribution >= 4 is 17.3 Å². The molecule has 6 heteroatoms. The lowest BCUT2D eigenvalue weighted by Gasteiger charge is -2.27. The van der Waals surface area contributed by atoms with Crippen LogP contribution in [0.1, 0.15) is 17.3 Å². The quantitative estimate of drug-likeness (QED) is 0.782. The van der Waals surface area contributed by atoms with Crippen LogP contribution in [0.2, 0.25) is 0 Å². The normalized spacial score (nSPS) is 12.2. The van der Waals surface area contributed by atoms with Crippen molar-refractivity contribution < 1.29 is 19.0 Å². The number of hydrogen-bond donors (Lipinski definition) is 2. The van der Waals surface area contributed by atoms with Gasteiger partial charge in [-0.3, -0.25) is 0 Å². The van der Waals surface area contributed by atoms with Crippen LogP contribution in [0.3, 0.4) is 0 Å². The molecule has 1 rings (SSSR count). The molecule has 0 saturated carbocycles. The Hall–Kier alpha value is -1.82. The molecule has 0 spiro atoms. The first kappa shape index (κ1) is 14.2. The first-order valence-electron chi connectivity index (χ1n) is 5.42. The summed E-state index contributed by atoms with van der Waals surface area (Å²) in [5.74, 6) is -2.14. The third kappa shape index (κ3) is 2.89. The largest absolute Gasteiger partial charge is 0.478 e. The molecule has 3 N–H and O–H groups in total. The van der Waals surface area contributed by atoms with E-state index < -0.39 is 17.3 Å². The second kappa shape index (κ2) is 5.68. The predicted molar refractivity (Wildman–Crippen MR) is 67.5 cm³/mol. The molecule has 1 aromatic rings. The van der Waals surface area contributed by atoms with Gasteiger partial charge in [-0.25, -0.2) is 9.18 Å². The monoisotopic (exact) mass is 256 g/mol. The van der Waals surface area contributed by atoms with Crippen LogP contribution in [0, 0.1) is 5.82 Å². The maximum Gasteiger partial charge on any atom is 0.338 e. The van der Waals surface area contributed by atoms with Crippen LogP contribution in [-0.4, -0.2) is 37.9 Å². The summed E-state index contributed by atoms with van der Waals surface area (Å²) in [6, 6.07) is 2.25. The van der Waals surface area contributed by atoms with Gasteiger partial charge < -0.3 is 20.5 Å². The predicted octanol–water partition coefficient (Wildman–Crippen LogP) is 1.58. The molecule has 0 fully saturated rings. The van der Waals surface area contributed by atoms with Crippen molar-refractivity contribution in [1.82, 2.24) is 0 Å². The lowest BCUT2D eigenvalue weighted by atomic mass is 10.1. The van der Waals surface area contributed by atoms with E-state index in [1.165, 1.54) is 0 Å². The maximum atomic E-state index is 13.6. The zero-order valence-corrected chi connectivity index (χ0v) is 10.6. The van der Waals surface area contributed by atoms with E-state index in [1.807, 2.05) is 6.92 Å². The fraction of sp³-hybridized carbons (Fsp3) is 0.417. The number of anilines is 2. The van der Waals surface area contributed by atoms with E-state index in [1.54, 1.807) is 19.1 Å². The highest BCUT2D eigenvalue weighted by molar-refractivity contribution is 5.90. The minimum Gasteiger partial charge on any atom is -0.478 e. The maximum absolute atomic E-state index is 13.6. The van der Waals surface area contributed by atoms with Crippen molar-refractivity contribution in [1.29, 1.82) is 0 Å². The zero-order valence-electron chi connectivity index (χ0n) is 10.6. The summed E-state index contributed by atoms with van der Waals surface area (Å²) >= 11 is 0. The number of methoxy groups -OCH3 is 1. The fourth-order valence-corrected chi connectivity index (χ4v) is 1.64. The first-order valence-corrected chi connectivity index (χ1v) is 5.42. The van der Waals surface area contributed by atoms with Gasteiger partial charge in [-0.05, 0) is 13.0 Å². The molecule has 1 aromatic carbocycles. The number of hydrogen-bond acceptors (Lipinski definition) is 4. The molecule has 0 aliphatic carbocycles. The number of halogens is 1. The summed E-state index contributed by atoms with van der Waals surface area (Å²) in [4.78, 5) is 12.5. The van der Waals surface area contributed by atoms with Crippen molar-refractivity contribution in [2.75, 3.05) is 31.4 Å². The molecule has 18 heavy (non-hydrogen) atoms. The molecule has 0 aliphatic rings. The molecule has 0 amide bonds. The van der Waals surface area contributed by atoms with Crippen molar-refractivity contribution in [2.45, 2.75) is 13.0 Å². The minimum atomic E-state index is -1.33. The number of aromatic carboxylic acids is 1. The van der Waals surface area contributed by atoms with E-state index in [-0.39, 0.29) is 11.7 Å². The Kier molecular flexibility index (Phi) is 4.49. The zero-order chi connectivity index (χ0) is 13.9. The number of likely N-dealkylation sites (N-methyl/N-ethyl adjacent to an activating group) is 1. The van der Waals surface area contributed by atoms with Crippen LogP contribution >= 0.6 is 0 Å². The molecule has 0 aromatic heterocycles. The van der Waals surface area contributed by atoms with Crippen LogP contribution in [0.25, 0.3) is 0 Å². The molecule has 5 nitrogen and oxygen atoms in total. The van der Waals surface area contributed by atoms with E-state index in [0.29, 0.717) is 12.3 Å². The Morgan fingerprint density at radius 1 is 1.61 bits per heavy atom. The summed E-state index contributed by atoms with van der Waals surface area (Å²) in [6.07, 6.45) is 0. The van der Waals surface area contributed by atoms with Crippen LogP contribution in [0.15, 0.2) is 12.1 Å². The molecule has 0 heterocycles. The molecule has 1 atom stereocenters. The number of nitrogens with two attached hydrogens (primary N) is 1. The molecular formula is C12H17FN2O3. The lowest BCUT2D eigenvalue weighted by Crippen LogP contribution is -2.33. The second-order valence-corrected chi connectivity index (χ2v) is 4.11. The Labute approximate surface area is 105 Å². The van der Waals surface area contributed by atoms with Gasteiger partial charge in [0.1, 0.15) is 5.82 Å². The first-order chi connectivity index (χ1) is 8.38. The summed E-state index contributed by atoms with van der Waals surface area (Å²) in [5, 5.41) is 8.78. The van der Waals surface area contributed by atoms with Crippen LogP contribution in [0.5, 0.6) is 0 Å². The molecule has 0 bridgehead atoms. The molecule has 0 saturated heterocycles. The van der Waals surface area contributed by atoms with E-state index in [2.05, 4.69) is 0 Å². The van der Waals surface area contributed by atoms with E-state index in [9.17, 15) is 9.18 Å². The van der Waals surface area contributed by atoms with Gasteiger partial charge >= 0.3 is 5.97 Å². The van der Waals surface area contributed by atoms with Crippen molar-refractivity contribution in [3.63, 3.8) is 0 Å². The van der Waals surface area contributed by atoms with Gasteiger partial charge in [0.2, 0.25) is 0 Å². The van der Waals surface area contributed by atoms with E-state index in [0.717, 1.165) is 12.1 Å². The number of ether oxygens (including phenoxy) is 1. The van der Waals surface area contributed by atoms with Crippen LogP contribution in [-0.2, 0) is 4.74 Å². The molecule has 0 radical (unpaired) electrons. The Morgan fingerprint density at radius 2 is 2.22 bits per heavy atom.